The minimum atomic E-state index is 0.704. The zero-order valence-corrected chi connectivity index (χ0v) is 9.24. The van der Waals surface area contributed by atoms with Crippen LogP contribution in [0.4, 0.5) is 0 Å². The third-order valence-electron chi connectivity index (χ3n) is 3.74. The molecule has 0 spiro atoms. The van der Waals surface area contributed by atoms with Gasteiger partial charge in [0.15, 0.2) is 0 Å². The number of hydrogen-bond acceptors (Lipinski definition) is 3. The number of rotatable bonds is 6. The molecule has 0 aromatic carbocycles. The van der Waals surface area contributed by atoms with Gasteiger partial charge in [0.05, 0.1) is 6.61 Å². The van der Waals surface area contributed by atoms with E-state index in [4.69, 9.17) is 9.47 Å². The number of hydrogen-bond donors (Lipinski definition) is 0. The first-order chi connectivity index (χ1) is 6.88. The zero-order valence-electron chi connectivity index (χ0n) is 9.24. The van der Waals surface area contributed by atoms with E-state index in [0.717, 1.165) is 31.6 Å². The molecular weight excluding hydrogens is 178 g/mol. The fourth-order valence-electron chi connectivity index (χ4n) is 2.87. The number of nitrogens with zero attached hydrogens (tertiary/aromatic N) is 1. The zero-order chi connectivity index (χ0) is 9.97. The predicted molar refractivity (Wildman–Crippen MR) is 55.4 cm³/mol. The third kappa shape index (κ3) is 1.69. The number of likely N-dealkylation sites (tertiary alicyclic amines) is 1. The maximum absolute atomic E-state index is 5.26. The summed E-state index contributed by atoms with van der Waals surface area (Å²) in [5, 5.41) is 0. The summed E-state index contributed by atoms with van der Waals surface area (Å²) in [6.45, 7) is 2.98. The maximum atomic E-state index is 5.26. The van der Waals surface area contributed by atoms with Crippen molar-refractivity contribution in [1.29, 1.82) is 0 Å². The van der Waals surface area contributed by atoms with Crippen LogP contribution in [0, 0.1) is 5.92 Å². The van der Waals surface area contributed by atoms with Crippen molar-refractivity contribution in [1.82, 2.24) is 4.90 Å². The first-order valence-electron chi connectivity index (χ1n) is 5.62. The average molecular weight is 199 g/mol. The summed E-state index contributed by atoms with van der Waals surface area (Å²) in [7, 11) is 3.58. The van der Waals surface area contributed by atoms with Crippen LogP contribution in [0.15, 0.2) is 0 Å². The number of ether oxygens (including phenoxy) is 2. The first kappa shape index (κ1) is 10.4. The highest BCUT2D eigenvalue weighted by atomic mass is 16.5. The Morgan fingerprint density at radius 3 is 2.64 bits per heavy atom. The molecule has 1 saturated carbocycles. The SMILES string of the molecule is COCCCN1C2CCC2C1COC. The van der Waals surface area contributed by atoms with Gasteiger partial charge in [-0.15, -0.1) is 0 Å². The van der Waals surface area contributed by atoms with Gasteiger partial charge in [-0.1, -0.05) is 0 Å². The molecule has 1 aliphatic carbocycles. The molecule has 0 amide bonds. The Hall–Kier alpha value is -0.120. The summed E-state index contributed by atoms with van der Waals surface area (Å²) in [6, 6.07) is 1.59. The first-order valence-corrected chi connectivity index (χ1v) is 5.62. The number of fused-ring (bicyclic) bond motifs is 1. The molecule has 2 rings (SSSR count). The Kier molecular flexibility index (Phi) is 3.42. The summed E-state index contributed by atoms with van der Waals surface area (Å²) in [4.78, 5) is 2.61. The monoisotopic (exact) mass is 199 g/mol. The van der Waals surface area contributed by atoms with Gasteiger partial charge in [0.1, 0.15) is 0 Å². The number of methoxy groups -OCH3 is 2. The molecule has 82 valence electrons. The van der Waals surface area contributed by atoms with Crippen LogP contribution >= 0.6 is 0 Å². The van der Waals surface area contributed by atoms with Crippen molar-refractivity contribution >= 4 is 0 Å². The Labute approximate surface area is 86.4 Å². The second kappa shape index (κ2) is 4.60. The van der Waals surface area contributed by atoms with Gasteiger partial charge in [0, 0.05) is 39.5 Å². The fourth-order valence-corrected chi connectivity index (χ4v) is 2.87. The third-order valence-corrected chi connectivity index (χ3v) is 3.74. The maximum Gasteiger partial charge on any atom is 0.0621 e. The minimum absolute atomic E-state index is 0.704. The Morgan fingerprint density at radius 2 is 2.07 bits per heavy atom. The standard InChI is InChI=1S/C11H21NO2/c1-13-7-3-6-12-10-5-4-9(10)11(12)8-14-2/h9-11H,3-8H2,1-2H3. The molecule has 0 N–H and O–H groups in total. The molecule has 1 aliphatic heterocycles. The lowest BCUT2D eigenvalue weighted by molar-refractivity contribution is -0.143. The fraction of sp³-hybridized carbons (Fsp3) is 1.00. The van der Waals surface area contributed by atoms with E-state index in [-0.39, 0.29) is 0 Å². The van der Waals surface area contributed by atoms with E-state index >= 15 is 0 Å². The summed E-state index contributed by atoms with van der Waals surface area (Å²) in [5.74, 6) is 0.942. The lowest BCUT2D eigenvalue weighted by Gasteiger charge is -2.62. The molecule has 14 heavy (non-hydrogen) atoms. The van der Waals surface area contributed by atoms with Gasteiger partial charge in [0.25, 0.3) is 0 Å². The molecule has 1 saturated heterocycles. The molecular formula is C11H21NO2. The molecule has 0 aromatic rings. The minimum Gasteiger partial charge on any atom is -0.385 e. The van der Waals surface area contributed by atoms with E-state index in [9.17, 15) is 0 Å². The molecule has 0 radical (unpaired) electrons. The van der Waals surface area contributed by atoms with Crippen LogP contribution in [0.25, 0.3) is 0 Å². The van der Waals surface area contributed by atoms with Crippen molar-refractivity contribution in [3.05, 3.63) is 0 Å². The van der Waals surface area contributed by atoms with Gasteiger partial charge in [-0.25, -0.2) is 0 Å². The van der Waals surface area contributed by atoms with Crippen LogP contribution in [-0.4, -0.2) is 51.0 Å². The highest BCUT2D eigenvalue weighted by molar-refractivity contribution is 5.06. The van der Waals surface area contributed by atoms with E-state index in [1.807, 2.05) is 0 Å². The Morgan fingerprint density at radius 1 is 1.21 bits per heavy atom. The molecule has 0 bridgehead atoms. The molecule has 2 aliphatic rings. The quantitative estimate of drug-likeness (QED) is 0.599. The number of piperidine rings is 1. The lowest BCUT2D eigenvalue weighted by Crippen LogP contribution is -2.70. The summed E-state index contributed by atoms with van der Waals surface area (Å²) in [5.41, 5.74) is 0. The second-order valence-electron chi connectivity index (χ2n) is 4.42. The normalized spacial score (nSPS) is 36.0. The van der Waals surface area contributed by atoms with E-state index < -0.39 is 0 Å². The van der Waals surface area contributed by atoms with Crippen molar-refractivity contribution in [3.63, 3.8) is 0 Å². The van der Waals surface area contributed by atoms with Crippen LogP contribution in [0.2, 0.25) is 0 Å². The Balaban J connectivity index is 1.73. The van der Waals surface area contributed by atoms with Crippen molar-refractivity contribution in [2.75, 3.05) is 34.0 Å². The van der Waals surface area contributed by atoms with E-state index in [1.54, 1.807) is 14.2 Å². The smallest absolute Gasteiger partial charge is 0.0621 e. The van der Waals surface area contributed by atoms with Crippen molar-refractivity contribution in [2.24, 2.45) is 5.92 Å². The van der Waals surface area contributed by atoms with Gasteiger partial charge in [0.2, 0.25) is 0 Å². The summed E-state index contributed by atoms with van der Waals surface area (Å²) < 4.78 is 10.3. The Bertz CT molecular complexity index is 186. The van der Waals surface area contributed by atoms with Crippen molar-refractivity contribution in [2.45, 2.75) is 31.3 Å². The van der Waals surface area contributed by atoms with Gasteiger partial charge in [-0.2, -0.15) is 0 Å². The average Bonchev–Trinajstić information content (AvgIpc) is 2.15. The van der Waals surface area contributed by atoms with Gasteiger partial charge < -0.3 is 9.47 Å². The van der Waals surface area contributed by atoms with Gasteiger partial charge >= 0.3 is 0 Å². The van der Waals surface area contributed by atoms with Crippen molar-refractivity contribution in [3.8, 4) is 0 Å². The highest BCUT2D eigenvalue weighted by Crippen LogP contribution is 2.46. The topological polar surface area (TPSA) is 21.7 Å². The van der Waals surface area contributed by atoms with Gasteiger partial charge in [-0.3, -0.25) is 4.90 Å². The second-order valence-corrected chi connectivity index (χ2v) is 4.42. The van der Waals surface area contributed by atoms with E-state index in [1.165, 1.54) is 19.4 Å². The van der Waals surface area contributed by atoms with Crippen LogP contribution in [0.1, 0.15) is 19.3 Å². The predicted octanol–water partition coefficient (Wildman–Crippen LogP) is 1.13. The van der Waals surface area contributed by atoms with E-state index in [0.29, 0.717) is 6.04 Å². The van der Waals surface area contributed by atoms with Crippen LogP contribution in [0.5, 0.6) is 0 Å². The van der Waals surface area contributed by atoms with E-state index in [2.05, 4.69) is 4.90 Å². The molecule has 3 nitrogen and oxygen atoms in total. The molecule has 0 aromatic heterocycles. The van der Waals surface area contributed by atoms with Crippen LogP contribution in [-0.2, 0) is 9.47 Å². The molecule has 3 atom stereocenters. The molecule has 1 heterocycles. The summed E-state index contributed by atoms with van der Waals surface area (Å²) in [6.07, 6.45) is 3.97. The van der Waals surface area contributed by atoms with Crippen LogP contribution in [0.3, 0.4) is 0 Å². The molecule has 3 unspecified atom stereocenters. The lowest BCUT2D eigenvalue weighted by atomic mass is 9.65. The van der Waals surface area contributed by atoms with Crippen molar-refractivity contribution < 1.29 is 9.47 Å². The largest absolute Gasteiger partial charge is 0.385 e. The molecule has 3 heteroatoms. The van der Waals surface area contributed by atoms with Crippen LogP contribution < -0.4 is 0 Å². The highest BCUT2D eigenvalue weighted by Gasteiger charge is 2.52. The van der Waals surface area contributed by atoms with Gasteiger partial charge in [-0.05, 0) is 25.2 Å². The summed E-state index contributed by atoms with van der Waals surface area (Å²) >= 11 is 0. The molecule has 2 fully saturated rings.